The Bertz CT molecular complexity index is 731. The van der Waals surface area contributed by atoms with Gasteiger partial charge in [0.15, 0.2) is 11.5 Å². The summed E-state index contributed by atoms with van der Waals surface area (Å²) in [6, 6.07) is 13.9. The van der Waals surface area contributed by atoms with Crippen LogP contribution in [0.3, 0.4) is 0 Å². The van der Waals surface area contributed by atoms with Gasteiger partial charge in [-0.05, 0) is 41.7 Å². The molecular weight excluding hydrogens is 316 g/mol. The molecule has 25 heavy (non-hydrogen) atoms. The molecule has 1 aliphatic rings. The Balaban J connectivity index is 1.59. The lowest BCUT2D eigenvalue weighted by Crippen LogP contribution is -2.48. The lowest BCUT2D eigenvalue weighted by Gasteiger charge is -2.26. The third-order valence-corrected chi connectivity index (χ3v) is 4.54. The third kappa shape index (κ3) is 4.12. The summed E-state index contributed by atoms with van der Waals surface area (Å²) in [7, 11) is 3.25. The van der Waals surface area contributed by atoms with E-state index in [1.807, 2.05) is 30.3 Å². The fraction of sp³-hybridized carbons (Fsp3) is 0.350. The van der Waals surface area contributed by atoms with Crippen LogP contribution in [0.1, 0.15) is 16.7 Å². The van der Waals surface area contributed by atoms with Crippen molar-refractivity contribution < 1.29 is 14.3 Å². The van der Waals surface area contributed by atoms with Gasteiger partial charge in [-0.3, -0.25) is 4.79 Å². The molecule has 2 N–H and O–H groups in total. The van der Waals surface area contributed by atoms with Gasteiger partial charge in [0.1, 0.15) is 0 Å². The van der Waals surface area contributed by atoms with E-state index >= 15 is 0 Å². The summed E-state index contributed by atoms with van der Waals surface area (Å²) in [5, 5.41) is 6.33. The number of methoxy groups -OCH3 is 2. The van der Waals surface area contributed by atoms with Crippen LogP contribution >= 0.6 is 0 Å². The number of carbonyl (C=O) groups is 1. The maximum atomic E-state index is 12.4. The van der Waals surface area contributed by atoms with Crippen molar-refractivity contribution in [2.45, 2.75) is 25.4 Å². The zero-order chi connectivity index (χ0) is 17.6. The second-order valence-electron chi connectivity index (χ2n) is 6.14. The standard InChI is InChI=1S/C20H24N2O3/c1-24-18-11-15-10-17(22-13-16(15)12-19(18)25-2)20(23)21-9-8-14-6-4-3-5-7-14/h3-7,11-12,17,22H,8-10,13H2,1-2H3,(H,21,23)/t17-/m1/s1. The van der Waals surface area contributed by atoms with E-state index in [1.54, 1.807) is 14.2 Å². The Morgan fingerprint density at radius 3 is 2.48 bits per heavy atom. The number of carbonyl (C=O) groups excluding carboxylic acids is 1. The van der Waals surface area contributed by atoms with Crippen LogP contribution in [0.2, 0.25) is 0 Å². The number of hydrogen-bond acceptors (Lipinski definition) is 4. The Morgan fingerprint density at radius 1 is 1.12 bits per heavy atom. The van der Waals surface area contributed by atoms with Crippen LogP contribution in [0.5, 0.6) is 11.5 Å². The lowest BCUT2D eigenvalue weighted by molar-refractivity contribution is -0.123. The first-order valence-electron chi connectivity index (χ1n) is 8.50. The molecule has 1 heterocycles. The second-order valence-corrected chi connectivity index (χ2v) is 6.14. The number of nitrogens with one attached hydrogen (secondary N) is 2. The van der Waals surface area contributed by atoms with Crippen molar-refractivity contribution in [3.8, 4) is 11.5 Å². The molecule has 132 valence electrons. The number of ether oxygens (including phenoxy) is 2. The molecule has 2 aromatic rings. The SMILES string of the molecule is COc1cc2c(cc1OC)C[C@H](C(=O)NCCc1ccccc1)NC2. The molecule has 1 amide bonds. The van der Waals surface area contributed by atoms with E-state index in [0.29, 0.717) is 31.0 Å². The van der Waals surface area contributed by atoms with Crippen LogP contribution in [-0.4, -0.2) is 32.7 Å². The Kier molecular flexibility index (Phi) is 5.56. The van der Waals surface area contributed by atoms with E-state index in [9.17, 15) is 4.79 Å². The first-order valence-corrected chi connectivity index (χ1v) is 8.50. The van der Waals surface area contributed by atoms with Gasteiger partial charge in [0.05, 0.1) is 20.3 Å². The monoisotopic (exact) mass is 340 g/mol. The molecule has 3 rings (SSSR count). The van der Waals surface area contributed by atoms with Gasteiger partial charge in [-0.25, -0.2) is 0 Å². The summed E-state index contributed by atoms with van der Waals surface area (Å²) in [5.41, 5.74) is 3.49. The fourth-order valence-electron chi connectivity index (χ4n) is 3.13. The number of fused-ring (bicyclic) bond motifs is 1. The average molecular weight is 340 g/mol. The second kappa shape index (κ2) is 8.03. The summed E-state index contributed by atoms with van der Waals surface area (Å²) in [6.07, 6.45) is 1.48. The minimum absolute atomic E-state index is 0.0383. The largest absolute Gasteiger partial charge is 0.493 e. The minimum Gasteiger partial charge on any atom is -0.493 e. The normalized spacial score (nSPS) is 16.0. The van der Waals surface area contributed by atoms with Gasteiger partial charge >= 0.3 is 0 Å². The average Bonchev–Trinajstić information content (AvgIpc) is 2.67. The van der Waals surface area contributed by atoms with Gasteiger partial charge in [0, 0.05) is 13.1 Å². The predicted octanol–water partition coefficient (Wildman–Crippen LogP) is 2.08. The maximum Gasteiger partial charge on any atom is 0.237 e. The van der Waals surface area contributed by atoms with Crippen LogP contribution in [-0.2, 0) is 24.2 Å². The molecule has 0 fully saturated rings. The quantitative estimate of drug-likeness (QED) is 0.845. The smallest absolute Gasteiger partial charge is 0.237 e. The van der Waals surface area contributed by atoms with Gasteiger partial charge < -0.3 is 20.1 Å². The van der Waals surface area contributed by atoms with Crippen molar-refractivity contribution in [3.05, 3.63) is 59.2 Å². The summed E-state index contributed by atoms with van der Waals surface area (Å²) >= 11 is 0. The highest BCUT2D eigenvalue weighted by molar-refractivity contribution is 5.82. The van der Waals surface area contributed by atoms with Gasteiger partial charge in [-0.2, -0.15) is 0 Å². The summed E-state index contributed by atoms with van der Waals surface area (Å²) in [4.78, 5) is 12.4. The van der Waals surface area contributed by atoms with Crippen LogP contribution < -0.4 is 20.1 Å². The number of amides is 1. The number of rotatable bonds is 6. The molecule has 1 aliphatic heterocycles. The predicted molar refractivity (Wildman–Crippen MR) is 97.0 cm³/mol. The van der Waals surface area contributed by atoms with Gasteiger partial charge in [-0.15, -0.1) is 0 Å². The topological polar surface area (TPSA) is 59.6 Å². The van der Waals surface area contributed by atoms with E-state index in [0.717, 1.165) is 17.5 Å². The van der Waals surface area contributed by atoms with E-state index in [-0.39, 0.29) is 11.9 Å². The molecule has 5 nitrogen and oxygen atoms in total. The summed E-state index contributed by atoms with van der Waals surface area (Å²) in [5.74, 6) is 1.46. The van der Waals surface area contributed by atoms with Gasteiger partial charge in [-0.1, -0.05) is 30.3 Å². The molecule has 1 atom stereocenters. The van der Waals surface area contributed by atoms with E-state index in [2.05, 4.69) is 22.8 Å². The van der Waals surface area contributed by atoms with E-state index in [1.165, 1.54) is 5.56 Å². The first kappa shape index (κ1) is 17.3. The van der Waals surface area contributed by atoms with Crippen molar-refractivity contribution in [2.24, 2.45) is 0 Å². The summed E-state index contributed by atoms with van der Waals surface area (Å²) in [6.45, 7) is 1.28. The molecule has 2 aromatic carbocycles. The fourth-order valence-corrected chi connectivity index (χ4v) is 3.13. The molecule has 0 unspecified atom stereocenters. The van der Waals surface area contributed by atoms with Crippen LogP contribution in [0.15, 0.2) is 42.5 Å². The Hall–Kier alpha value is -2.53. The van der Waals surface area contributed by atoms with Crippen molar-refractivity contribution in [1.82, 2.24) is 10.6 Å². The molecule has 0 spiro atoms. The van der Waals surface area contributed by atoms with E-state index in [4.69, 9.17) is 9.47 Å². The molecule has 0 saturated carbocycles. The van der Waals surface area contributed by atoms with Gasteiger partial charge in [0.25, 0.3) is 0 Å². The minimum atomic E-state index is -0.221. The van der Waals surface area contributed by atoms with Crippen molar-refractivity contribution in [1.29, 1.82) is 0 Å². The van der Waals surface area contributed by atoms with Gasteiger partial charge in [0.2, 0.25) is 5.91 Å². The molecular formula is C20H24N2O3. The maximum absolute atomic E-state index is 12.4. The summed E-state index contributed by atoms with van der Waals surface area (Å²) < 4.78 is 10.7. The molecule has 5 heteroatoms. The lowest BCUT2D eigenvalue weighted by atomic mass is 9.94. The number of hydrogen-bond donors (Lipinski definition) is 2. The highest BCUT2D eigenvalue weighted by atomic mass is 16.5. The molecule has 0 radical (unpaired) electrons. The van der Waals surface area contributed by atoms with Crippen LogP contribution in [0, 0.1) is 0 Å². The highest BCUT2D eigenvalue weighted by Crippen LogP contribution is 2.32. The molecule has 0 aromatic heterocycles. The molecule has 0 aliphatic carbocycles. The Morgan fingerprint density at radius 2 is 1.80 bits per heavy atom. The van der Waals surface area contributed by atoms with E-state index < -0.39 is 0 Å². The van der Waals surface area contributed by atoms with Crippen molar-refractivity contribution in [2.75, 3.05) is 20.8 Å². The molecule has 0 saturated heterocycles. The van der Waals surface area contributed by atoms with Crippen molar-refractivity contribution >= 4 is 5.91 Å². The van der Waals surface area contributed by atoms with Crippen LogP contribution in [0.25, 0.3) is 0 Å². The third-order valence-electron chi connectivity index (χ3n) is 4.54. The Labute approximate surface area is 148 Å². The highest BCUT2D eigenvalue weighted by Gasteiger charge is 2.25. The number of benzene rings is 2. The zero-order valence-electron chi connectivity index (χ0n) is 14.7. The van der Waals surface area contributed by atoms with Crippen LogP contribution in [0.4, 0.5) is 0 Å². The first-order chi connectivity index (χ1) is 12.2. The molecule has 0 bridgehead atoms. The van der Waals surface area contributed by atoms with Crippen molar-refractivity contribution in [3.63, 3.8) is 0 Å². The zero-order valence-corrected chi connectivity index (χ0v) is 14.7.